The van der Waals surface area contributed by atoms with Crippen LogP contribution in [0, 0.1) is 17.0 Å². The Morgan fingerprint density at radius 2 is 1.96 bits per heavy atom. The first kappa shape index (κ1) is 16.5. The fraction of sp³-hybridized carbons (Fsp3) is 0.412. The molecule has 1 aromatic carbocycles. The van der Waals surface area contributed by atoms with E-state index in [2.05, 4.69) is 0 Å². The quantitative estimate of drug-likeness (QED) is 0.610. The second-order valence-corrected chi connectivity index (χ2v) is 6.02. The van der Waals surface area contributed by atoms with Crippen LogP contribution >= 0.6 is 0 Å². The van der Waals surface area contributed by atoms with Gasteiger partial charge in [-0.3, -0.25) is 10.1 Å². The van der Waals surface area contributed by atoms with Gasteiger partial charge >= 0.3 is 6.18 Å². The second-order valence-electron chi connectivity index (χ2n) is 6.02. The van der Waals surface area contributed by atoms with E-state index in [0.717, 1.165) is 36.5 Å². The number of halogens is 3. The van der Waals surface area contributed by atoms with E-state index in [9.17, 15) is 23.3 Å². The van der Waals surface area contributed by atoms with E-state index >= 15 is 0 Å². The molecule has 1 aromatic rings. The van der Waals surface area contributed by atoms with Crippen molar-refractivity contribution in [2.24, 2.45) is 0 Å². The van der Waals surface area contributed by atoms with E-state index < -0.39 is 28.5 Å². The van der Waals surface area contributed by atoms with Crippen LogP contribution in [0.2, 0.25) is 0 Å². The molecule has 2 aliphatic carbocycles. The van der Waals surface area contributed by atoms with Crippen LogP contribution in [0.25, 0.3) is 0 Å². The van der Waals surface area contributed by atoms with Crippen LogP contribution in [0.1, 0.15) is 29.5 Å². The number of nitrogens with zero attached hydrogens (tertiary/aromatic N) is 1. The Balaban J connectivity index is 1.89. The summed E-state index contributed by atoms with van der Waals surface area (Å²) in [5, 5.41) is 11.2. The van der Waals surface area contributed by atoms with Crippen LogP contribution in [0.15, 0.2) is 35.6 Å². The van der Waals surface area contributed by atoms with Crippen molar-refractivity contribution in [3.05, 3.63) is 62.4 Å². The number of alkyl halides is 3. The van der Waals surface area contributed by atoms with Gasteiger partial charge in [0.2, 0.25) is 0 Å². The topological polar surface area (TPSA) is 52.4 Å². The van der Waals surface area contributed by atoms with E-state index in [4.69, 9.17) is 4.74 Å². The molecule has 24 heavy (non-hydrogen) atoms. The third-order valence-corrected chi connectivity index (χ3v) is 4.47. The molecule has 0 fully saturated rings. The molecule has 0 spiro atoms. The fourth-order valence-electron chi connectivity index (χ4n) is 3.26. The van der Waals surface area contributed by atoms with Crippen LogP contribution in [0.5, 0.6) is 5.75 Å². The zero-order valence-electron chi connectivity index (χ0n) is 13.0. The summed E-state index contributed by atoms with van der Waals surface area (Å²) in [5.74, 6) is 0.537. The monoisotopic (exact) mass is 339 g/mol. The van der Waals surface area contributed by atoms with E-state index in [1.54, 1.807) is 6.07 Å². The first-order chi connectivity index (χ1) is 11.3. The molecule has 0 saturated carbocycles. The standard InChI is InChI=1S/C17H16F3NO3/c1-10-5-7-15(13-4-2-3-12(10)13)24-16-8-6-11(17(18,19)20)9-14(16)21(22)23/h5-7,9,16H,2-4,8H2,1H3. The summed E-state index contributed by atoms with van der Waals surface area (Å²) >= 11 is 0. The molecule has 0 amide bonds. The van der Waals surface area contributed by atoms with Crippen LogP contribution < -0.4 is 4.74 Å². The molecule has 0 N–H and O–H groups in total. The highest BCUT2D eigenvalue weighted by Gasteiger charge is 2.39. The Morgan fingerprint density at radius 1 is 1.25 bits per heavy atom. The van der Waals surface area contributed by atoms with Crippen LogP contribution in [-0.2, 0) is 12.8 Å². The molecule has 0 saturated heterocycles. The van der Waals surface area contributed by atoms with Crippen molar-refractivity contribution in [3.63, 3.8) is 0 Å². The molecule has 7 heteroatoms. The van der Waals surface area contributed by atoms with E-state index in [0.29, 0.717) is 11.8 Å². The molecule has 1 atom stereocenters. The van der Waals surface area contributed by atoms with Gasteiger partial charge in [0.05, 0.1) is 10.5 Å². The van der Waals surface area contributed by atoms with Gasteiger partial charge in [-0.15, -0.1) is 0 Å². The molecular weight excluding hydrogens is 323 g/mol. The van der Waals surface area contributed by atoms with Crippen molar-refractivity contribution in [2.75, 3.05) is 0 Å². The molecule has 4 nitrogen and oxygen atoms in total. The lowest BCUT2D eigenvalue weighted by Gasteiger charge is -2.22. The third-order valence-electron chi connectivity index (χ3n) is 4.47. The summed E-state index contributed by atoms with van der Waals surface area (Å²) in [6, 6.07) is 3.63. The molecular formula is C17H16F3NO3. The Hall–Kier alpha value is -2.31. The number of benzene rings is 1. The molecule has 1 unspecified atom stereocenters. The average molecular weight is 339 g/mol. The lowest BCUT2D eigenvalue weighted by Crippen LogP contribution is -2.28. The van der Waals surface area contributed by atoms with Crippen LogP contribution in [0.3, 0.4) is 0 Å². The summed E-state index contributed by atoms with van der Waals surface area (Å²) in [7, 11) is 0. The molecule has 0 bridgehead atoms. The van der Waals surface area contributed by atoms with Gasteiger partial charge in [-0.1, -0.05) is 12.1 Å². The van der Waals surface area contributed by atoms with E-state index in [1.807, 2.05) is 13.0 Å². The number of aryl methyl sites for hydroxylation is 1. The molecule has 0 heterocycles. The SMILES string of the molecule is Cc1ccc(OC2CC=C(C(F)(F)F)C=C2[N+](=O)[O-])c2c1CCC2. The van der Waals surface area contributed by atoms with Crippen molar-refractivity contribution >= 4 is 0 Å². The van der Waals surface area contributed by atoms with Gasteiger partial charge < -0.3 is 4.74 Å². The second kappa shape index (κ2) is 5.96. The van der Waals surface area contributed by atoms with E-state index in [-0.39, 0.29) is 6.42 Å². The largest absolute Gasteiger partial charge is 0.479 e. The first-order valence-corrected chi connectivity index (χ1v) is 7.68. The lowest BCUT2D eigenvalue weighted by molar-refractivity contribution is -0.435. The number of nitro groups is 1. The number of rotatable bonds is 3. The average Bonchev–Trinajstić information content (AvgIpc) is 2.99. The predicted octanol–water partition coefficient (Wildman–Crippen LogP) is 4.28. The summed E-state index contributed by atoms with van der Waals surface area (Å²) < 4.78 is 44.1. The zero-order chi connectivity index (χ0) is 17.5. The van der Waals surface area contributed by atoms with E-state index in [1.165, 1.54) is 5.56 Å². The highest BCUT2D eigenvalue weighted by Crippen LogP contribution is 2.37. The number of allylic oxidation sites excluding steroid dienone is 2. The van der Waals surface area contributed by atoms with Crippen molar-refractivity contribution in [2.45, 2.75) is 44.9 Å². The number of hydrogen-bond donors (Lipinski definition) is 0. The van der Waals surface area contributed by atoms with Gasteiger partial charge in [0, 0.05) is 12.5 Å². The van der Waals surface area contributed by atoms with Crippen molar-refractivity contribution in [1.82, 2.24) is 0 Å². The predicted molar refractivity (Wildman–Crippen MR) is 81.5 cm³/mol. The minimum atomic E-state index is -4.60. The number of hydrogen-bond acceptors (Lipinski definition) is 3. The molecule has 0 aromatic heterocycles. The lowest BCUT2D eigenvalue weighted by atomic mass is 10.0. The molecule has 3 rings (SSSR count). The number of fused-ring (bicyclic) bond motifs is 1. The third kappa shape index (κ3) is 3.02. The Bertz CT molecular complexity index is 750. The minimum Gasteiger partial charge on any atom is -0.479 e. The fourth-order valence-corrected chi connectivity index (χ4v) is 3.26. The summed E-state index contributed by atoms with van der Waals surface area (Å²) in [5.41, 5.74) is 1.79. The molecule has 0 radical (unpaired) electrons. The van der Waals surface area contributed by atoms with Gasteiger partial charge in [-0.25, -0.2) is 0 Å². The maximum Gasteiger partial charge on any atom is 0.416 e. The smallest absolute Gasteiger partial charge is 0.416 e. The summed E-state index contributed by atoms with van der Waals surface area (Å²) in [4.78, 5) is 10.4. The molecule has 2 aliphatic rings. The van der Waals surface area contributed by atoms with Crippen molar-refractivity contribution in [3.8, 4) is 5.75 Å². The van der Waals surface area contributed by atoms with Crippen LogP contribution in [-0.4, -0.2) is 17.2 Å². The molecule has 128 valence electrons. The summed E-state index contributed by atoms with van der Waals surface area (Å²) in [6.45, 7) is 2.00. The van der Waals surface area contributed by atoms with Crippen molar-refractivity contribution in [1.29, 1.82) is 0 Å². The van der Waals surface area contributed by atoms with Gasteiger partial charge in [0.1, 0.15) is 5.75 Å². The van der Waals surface area contributed by atoms with Gasteiger partial charge in [0.25, 0.3) is 5.70 Å². The Morgan fingerprint density at radius 3 is 2.62 bits per heavy atom. The zero-order valence-corrected chi connectivity index (χ0v) is 13.0. The molecule has 0 aliphatic heterocycles. The van der Waals surface area contributed by atoms with Gasteiger partial charge in [-0.05, 0) is 48.9 Å². The van der Waals surface area contributed by atoms with Gasteiger partial charge in [-0.2, -0.15) is 13.2 Å². The minimum absolute atomic E-state index is 0.176. The van der Waals surface area contributed by atoms with Crippen molar-refractivity contribution < 1.29 is 22.8 Å². The summed E-state index contributed by atoms with van der Waals surface area (Å²) in [6.07, 6.45) is -1.54. The Kier molecular flexibility index (Phi) is 4.11. The first-order valence-electron chi connectivity index (χ1n) is 7.68. The number of ether oxygens (including phenoxy) is 1. The Labute approximate surface area is 136 Å². The maximum absolute atomic E-state index is 12.8. The maximum atomic E-state index is 12.8. The van der Waals surface area contributed by atoms with Crippen LogP contribution in [0.4, 0.5) is 13.2 Å². The van der Waals surface area contributed by atoms with Gasteiger partial charge in [0.15, 0.2) is 6.10 Å². The highest BCUT2D eigenvalue weighted by molar-refractivity contribution is 5.48. The normalized spacial score (nSPS) is 20.2. The highest BCUT2D eigenvalue weighted by atomic mass is 19.4.